The van der Waals surface area contributed by atoms with Crippen molar-refractivity contribution in [3.05, 3.63) is 23.8 Å². The molecule has 0 bridgehead atoms. The standard InChI is InChI=1S/C14H20N2O4/c1-16(9-14(19)4-6-20-7-5-14)10-2-3-12(15)11(8-10)13(17)18/h2-3,8,19H,4-7,9,15H2,1H3,(H,17,18). The van der Waals surface area contributed by atoms with Crippen LogP contribution in [0.2, 0.25) is 0 Å². The van der Waals surface area contributed by atoms with Gasteiger partial charge in [-0.2, -0.15) is 0 Å². The second kappa shape index (κ2) is 5.68. The van der Waals surface area contributed by atoms with Crippen LogP contribution in [0.4, 0.5) is 11.4 Å². The molecule has 0 unspecified atom stereocenters. The van der Waals surface area contributed by atoms with E-state index in [9.17, 15) is 9.90 Å². The van der Waals surface area contributed by atoms with Gasteiger partial charge in [0.1, 0.15) is 0 Å². The largest absolute Gasteiger partial charge is 0.478 e. The van der Waals surface area contributed by atoms with Crippen molar-refractivity contribution in [2.24, 2.45) is 0 Å². The molecule has 6 heteroatoms. The number of anilines is 2. The number of hydrogen-bond acceptors (Lipinski definition) is 5. The summed E-state index contributed by atoms with van der Waals surface area (Å²) in [5.74, 6) is -1.05. The Balaban J connectivity index is 2.14. The number of aromatic carboxylic acids is 1. The van der Waals surface area contributed by atoms with Gasteiger partial charge in [0.15, 0.2) is 0 Å². The van der Waals surface area contributed by atoms with Gasteiger partial charge < -0.3 is 25.6 Å². The average molecular weight is 280 g/mol. The topological polar surface area (TPSA) is 96.0 Å². The van der Waals surface area contributed by atoms with Crippen LogP contribution in [0.1, 0.15) is 23.2 Å². The van der Waals surface area contributed by atoms with E-state index in [2.05, 4.69) is 0 Å². The number of nitrogen functional groups attached to an aromatic ring is 1. The summed E-state index contributed by atoms with van der Waals surface area (Å²) in [4.78, 5) is 12.9. The minimum Gasteiger partial charge on any atom is -0.478 e. The smallest absolute Gasteiger partial charge is 0.337 e. The van der Waals surface area contributed by atoms with Gasteiger partial charge in [-0.25, -0.2) is 4.79 Å². The monoisotopic (exact) mass is 280 g/mol. The SMILES string of the molecule is CN(CC1(O)CCOCC1)c1ccc(N)c(C(=O)O)c1. The van der Waals surface area contributed by atoms with Gasteiger partial charge >= 0.3 is 5.97 Å². The fourth-order valence-corrected chi connectivity index (χ4v) is 2.41. The molecule has 1 aliphatic rings. The molecule has 6 nitrogen and oxygen atoms in total. The van der Waals surface area contributed by atoms with E-state index in [0.717, 1.165) is 5.69 Å². The molecule has 1 aromatic rings. The molecule has 1 aromatic carbocycles. The first-order chi connectivity index (χ1) is 9.41. The van der Waals surface area contributed by atoms with Crippen LogP contribution in [-0.2, 0) is 4.74 Å². The quantitative estimate of drug-likeness (QED) is 0.710. The second-order valence-corrected chi connectivity index (χ2v) is 5.27. The van der Waals surface area contributed by atoms with Crippen LogP contribution in [0.25, 0.3) is 0 Å². The molecule has 4 N–H and O–H groups in total. The molecule has 20 heavy (non-hydrogen) atoms. The molecule has 1 aliphatic heterocycles. The Morgan fingerprint density at radius 1 is 1.45 bits per heavy atom. The minimum atomic E-state index is -1.05. The lowest BCUT2D eigenvalue weighted by molar-refractivity contribution is -0.0572. The number of ether oxygens (including phenoxy) is 1. The van der Waals surface area contributed by atoms with E-state index in [1.54, 1.807) is 12.1 Å². The lowest BCUT2D eigenvalue weighted by atomic mass is 9.93. The lowest BCUT2D eigenvalue weighted by Crippen LogP contribution is -2.45. The number of hydrogen-bond donors (Lipinski definition) is 3. The van der Waals surface area contributed by atoms with E-state index in [1.165, 1.54) is 6.07 Å². The van der Waals surface area contributed by atoms with Gasteiger partial charge in [-0.1, -0.05) is 0 Å². The van der Waals surface area contributed by atoms with E-state index >= 15 is 0 Å². The summed E-state index contributed by atoms with van der Waals surface area (Å²) >= 11 is 0. The van der Waals surface area contributed by atoms with Crippen LogP contribution >= 0.6 is 0 Å². The molecule has 2 rings (SSSR count). The molecule has 1 saturated heterocycles. The maximum atomic E-state index is 11.1. The molecule has 0 spiro atoms. The summed E-state index contributed by atoms with van der Waals surface area (Å²) in [6.07, 6.45) is 1.16. The van der Waals surface area contributed by atoms with Crippen molar-refractivity contribution in [2.45, 2.75) is 18.4 Å². The minimum absolute atomic E-state index is 0.0771. The number of aliphatic hydroxyl groups is 1. The van der Waals surface area contributed by atoms with Gasteiger partial charge in [0.2, 0.25) is 0 Å². The molecule has 0 amide bonds. The van der Waals surface area contributed by atoms with Crippen molar-refractivity contribution in [1.29, 1.82) is 0 Å². The van der Waals surface area contributed by atoms with Crippen molar-refractivity contribution < 1.29 is 19.7 Å². The van der Waals surface area contributed by atoms with Gasteiger partial charge in [-0.3, -0.25) is 0 Å². The number of likely N-dealkylation sites (N-methyl/N-ethyl adjacent to an activating group) is 1. The fraction of sp³-hybridized carbons (Fsp3) is 0.500. The van der Waals surface area contributed by atoms with Gasteiger partial charge in [-0.15, -0.1) is 0 Å². The van der Waals surface area contributed by atoms with Crippen LogP contribution in [0, 0.1) is 0 Å². The highest BCUT2D eigenvalue weighted by Gasteiger charge is 2.31. The van der Waals surface area contributed by atoms with Gasteiger partial charge in [0.05, 0.1) is 11.2 Å². The van der Waals surface area contributed by atoms with E-state index in [4.69, 9.17) is 15.6 Å². The summed E-state index contributed by atoms with van der Waals surface area (Å²) < 4.78 is 5.25. The van der Waals surface area contributed by atoms with Gasteiger partial charge in [0.25, 0.3) is 0 Å². The summed E-state index contributed by atoms with van der Waals surface area (Å²) in [7, 11) is 1.82. The Bertz CT molecular complexity index is 498. The molecule has 0 saturated carbocycles. The zero-order valence-corrected chi connectivity index (χ0v) is 11.5. The summed E-state index contributed by atoms with van der Waals surface area (Å²) in [6.45, 7) is 1.53. The Morgan fingerprint density at radius 3 is 2.70 bits per heavy atom. The molecule has 0 atom stereocenters. The summed E-state index contributed by atoms with van der Waals surface area (Å²) in [5, 5.41) is 19.6. The predicted molar refractivity (Wildman–Crippen MR) is 76.1 cm³/mol. The van der Waals surface area contributed by atoms with Crippen molar-refractivity contribution in [1.82, 2.24) is 0 Å². The maximum Gasteiger partial charge on any atom is 0.337 e. The Morgan fingerprint density at radius 2 is 2.10 bits per heavy atom. The molecule has 0 aromatic heterocycles. The van der Waals surface area contributed by atoms with Crippen LogP contribution in [-0.4, -0.2) is 48.6 Å². The van der Waals surface area contributed by atoms with Crippen molar-refractivity contribution >= 4 is 17.3 Å². The predicted octanol–water partition coefficient (Wildman–Crippen LogP) is 0.945. The number of nitrogens with two attached hydrogens (primary N) is 1. The second-order valence-electron chi connectivity index (χ2n) is 5.27. The number of rotatable bonds is 4. The molecule has 0 radical (unpaired) electrons. The van der Waals surface area contributed by atoms with Crippen molar-refractivity contribution in [3.8, 4) is 0 Å². The third kappa shape index (κ3) is 3.20. The first-order valence-electron chi connectivity index (χ1n) is 6.55. The summed E-state index contributed by atoms with van der Waals surface area (Å²) in [6, 6.07) is 4.86. The van der Waals surface area contributed by atoms with Crippen LogP contribution in [0.5, 0.6) is 0 Å². The van der Waals surface area contributed by atoms with Gasteiger partial charge in [0, 0.05) is 51.0 Å². The Hall–Kier alpha value is -1.79. The first kappa shape index (κ1) is 14.6. The number of nitrogens with zero attached hydrogens (tertiary/aromatic N) is 1. The highest BCUT2D eigenvalue weighted by Crippen LogP contribution is 2.26. The lowest BCUT2D eigenvalue weighted by Gasteiger charge is -2.36. The number of benzene rings is 1. The van der Waals surface area contributed by atoms with Crippen molar-refractivity contribution in [3.63, 3.8) is 0 Å². The summed E-state index contributed by atoms with van der Waals surface area (Å²) in [5.41, 5.74) is 5.87. The van der Waals surface area contributed by atoms with E-state index in [0.29, 0.717) is 32.6 Å². The van der Waals surface area contributed by atoms with E-state index < -0.39 is 11.6 Å². The Kier molecular flexibility index (Phi) is 4.15. The van der Waals surface area contributed by atoms with E-state index in [-0.39, 0.29) is 11.3 Å². The van der Waals surface area contributed by atoms with E-state index in [1.807, 2.05) is 11.9 Å². The third-order valence-electron chi connectivity index (χ3n) is 3.66. The normalized spacial score (nSPS) is 17.7. The third-order valence-corrected chi connectivity index (χ3v) is 3.66. The number of carboxylic acids is 1. The van der Waals surface area contributed by atoms with Crippen LogP contribution < -0.4 is 10.6 Å². The van der Waals surface area contributed by atoms with Crippen LogP contribution in [0.15, 0.2) is 18.2 Å². The van der Waals surface area contributed by atoms with Crippen LogP contribution in [0.3, 0.4) is 0 Å². The highest BCUT2D eigenvalue weighted by molar-refractivity contribution is 5.94. The van der Waals surface area contributed by atoms with Gasteiger partial charge in [-0.05, 0) is 18.2 Å². The highest BCUT2D eigenvalue weighted by atomic mass is 16.5. The zero-order valence-electron chi connectivity index (χ0n) is 11.5. The fourth-order valence-electron chi connectivity index (χ4n) is 2.41. The first-order valence-corrected chi connectivity index (χ1v) is 6.55. The molecular weight excluding hydrogens is 260 g/mol. The molecule has 0 aliphatic carbocycles. The molecule has 1 heterocycles. The number of carboxylic acid groups (broad SMARTS) is 1. The number of carbonyl (C=O) groups is 1. The average Bonchev–Trinajstić information content (AvgIpc) is 2.39. The molecule has 110 valence electrons. The maximum absolute atomic E-state index is 11.1. The molecule has 1 fully saturated rings. The van der Waals surface area contributed by atoms with Crippen molar-refractivity contribution in [2.75, 3.05) is 37.4 Å². The Labute approximate surface area is 117 Å². The molecular formula is C14H20N2O4. The zero-order chi connectivity index (χ0) is 14.8.